The van der Waals surface area contributed by atoms with Crippen molar-refractivity contribution in [2.45, 2.75) is 26.3 Å². The lowest BCUT2D eigenvalue weighted by Crippen LogP contribution is -2.45. The fraction of sp³-hybridized carbons (Fsp3) is 0.280. The van der Waals surface area contributed by atoms with Gasteiger partial charge in [0, 0.05) is 17.6 Å². The van der Waals surface area contributed by atoms with E-state index in [4.69, 9.17) is 4.42 Å². The van der Waals surface area contributed by atoms with Gasteiger partial charge in [-0.25, -0.2) is 4.79 Å². The summed E-state index contributed by atoms with van der Waals surface area (Å²) >= 11 is 3.44. The summed E-state index contributed by atoms with van der Waals surface area (Å²) in [5.41, 5.74) is 1.82. The van der Waals surface area contributed by atoms with Crippen molar-refractivity contribution in [3.05, 3.63) is 88.8 Å². The van der Waals surface area contributed by atoms with E-state index in [0.717, 1.165) is 22.9 Å². The van der Waals surface area contributed by atoms with Crippen LogP contribution in [0.1, 0.15) is 24.7 Å². The Morgan fingerprint density at radius 2 is 1.69 bits per heavy atom. The predicted molar refractivity (Wildman–Crippen MR) is 129 cm³/mol. The Balaban J connectivity index is 1.69. The quantitative estimate of drug-likeness (QED) is 0.398. The molecule has 2 aromatic carbocycles. The number of nitrogens with zero attached hydrogens (tertiary/aromatic N) is 2. The van der Waals surface area contributed by atoms with Crippen LogP contribution < -0.4 is 5.32 Å². The third kappa shape index (κ3) is 6.99. The summed E-state index contributed by atoms with van der Waals surface area (Å²) in [5, 5.41) is 2.89. The van der Waals surface area contributed by atoms with Crippen LogP contribution in [0.4, 0.5) is 10.5 Å². The van der Waals surface area contributed by atoms with Crippen molar-refractivity contribution in [2.75, 3.05) is 25.0 Å². The van der Waals surface area contributed by atoms with E-state index >= 15 is 0 Å². The van der Waals surface area contributed by atoms with Crippen LogP contribution in [-0.2, 0) is 17.8 Å². The molecule has 0 radical (unpaired) electrons. The number of nitrogens with one attached hydrogen (secondary N) is 1. The van der Waals surface area contributed by atoms with Crippen LogP contribution in [0.15, 0.2) is 81.9 Å². The summed E-state index contributed by atoms with van der Waals surface area (Å²) in [7, 11) is 0. The van der Waals surface area contributed by atoms with Crippen LogP contribution in [0.3, 0.4) is 0 Å². The number of urea groups is 1. The molecule has 3 amide bonds. The van der Waals surface area contributed by atoms with Crippen LogP contribution in [0.25, 0.3) is 0 Å². The second kappa shape index (κ2) is 12.1. The number of para-hydroxylation sites is 1. The van der Waals surface area contributed by atoms with Crippen LogP contribution >= 0.6 is 15.9 Å². The van der Waals surface area contributed by atoms with Gasteiger partial charge in [-0.05, 0) is 58.6 Å². The van der Waals surface area contributed by atoms with E-state index in [0.29, 0.717) is 31.1 Å². The maximum atomic E-state index is 13.3. The van der Waals surface area contributed by atoms with Crippen molar-refractivity contribution in [2.24, 2.45) is 0 Å². The number of rotatable bonds is 10. The van der Waals surface area contributed by atoms with Crippen LogP contribution in [-0.4, -0.2) is 41.4 Å². The average molecular weight is 498 g/mol. The summed E-state index contributed by atoms with van der Waals surface area (Å²) in [6.45, 7) is 3.37. The number of hydrogen-bond acceptors (Lipinski definition) is 3. The average Bonchev–Trinajstić information content (AvgIpc) is 3.31. The zero-order chi connectivity index (χ0) is 22.8. The van der Waals surface area contributed by atoms with Crippen molar-refractivity contribution < 1.29 is 14.0 Å². The Morgan fingerprint density at radius 3 is 2.38 bits per heavy atom. The van der Waals surface area contributed by atoms with Gasteiger partial charge in [-0.3, -0.25) is 4.79 Å². The van der Waals surface area contributed by atoms with Crippen molar-refractivity contribution in [3.63, 3.8) is 0 Å². The number of carbonyl (C=O) groups excluding carboxylic acids is 2. The highest BCUT2D eigenvalue weighted by Crippen LogP contribution is 2.21. The molecule has 0 atom stereocenters. The maximum absolute atomic E-state index is 13.3. The highest BCUT2D eigenvalue weighted by molar-refractivity contribution is 9.10. The van der Waals surface area contributed by atoms with Gasteiger partial charge in [0.1, 0.15) is 12.3 Å². The van der Waals surface area contributed by atoms with Gasteiger partial charge in [0.05, 0.1) is 18.5 Å². The molecule has 1 aromatic heterocycles. The van der Waals surface area contributed by atoms with Gasteiger partial charge in [-0.2, -0.15) is 0 Å². The lowest BCUT2D eigenvalue weighted by atomic mass is 10.1. The predicted octanol–water partition coefficient (Wildman–Crippen LogP) is 5.56. The summed E-state index contributed by atoms with van der Waals surface area (Å²) in [6.07, 6.45) is 3.08. The first kappa shape index (κ1) is 23.6. The Morgan fingerprint density at radius 1 is 0.938 bits per heavy atom. The number of halogens is 1. The van der Waals surface area contributed by atoms with Crippen molar-refractivity contribution >= 4 is 33.6 Å². The van der Waals surface area contributed by atoms with Crippen molar-refractivity contribution in [1.82, 2.24) is 9.80 Å². The highest BCUT2D eigenvalue weighted by atomic mass is 79.9. The molecule has 1 heterocycles. The van der Waals surface area contributed by atoms with Gasteiger partial charge in [0.25, 0.3) is 0 Å². The lowest BCUT2D eigenvalue weighted by molar-refractivity contribution is -0.132. The molecule has 0 fully saturated rings. The minimum atomic E-state index is -0.298. The summed E-state index contributed by atoms with van der Waals surface area (Å²) < 4.78 is 6.26. The first-order valence-corrected chi connectivity index (χ1v) is 11.5. The van der Waals surface area contributed by atoms with Gasteiger partial charge in [0.2, 0.25) is 5.91 Å². The lowest BCUT2D eigenvalue weighted by Gasteiger charge is -2.27. The molecule has 0 saturated carbocycles. The first-order chi connectivity index (χ1) is 15.6. The number of amides is 3. The molecule has 1 N–H and O–H groups in total. The van der Waals surface area contributed by atoms with E-state index < -0.39 is 0 Å². The highest BCUT2D eigenvalue weighted by Gasteiger charge is 2.22. The number of hydrogen-bond donors (Lipinski definition) is 1. The molecule has 3 aromatic rings. The third-order valence-corrected chi connectivity index (χ3v) is 5.71. The van der Waals surface area contributed by atoms with E-state index in [-0.39, 0.29) is 18.5 Å². The van der Waals surface area contributed by atoms with Gasteiger partial charge < -0.3 is 19.5 Å². The third-order valence-electron chi connectivity index (χ3n) is 5.02. The minimum absolute atomic E-state index is 0.000373. The smallest absolute Gasteiger partial charge is 0.322 e. The largest absolute Gasteiger partial charge is 0.467 e. The Kier molecular flexibility index (Phi) is 8.92. The summed E-state index contributed by atoms with van der Waals surface area (Å²) in [6, 6.07) is 20.8. The van der Waals surface area contributed by atoms with Gasteiger partial charge >= 0.3 is 6.03 Å². The molecule has 0 aliphatic rings. The first-order valence-electron chi connectivity index (χ1n) is 10.7. The standard InChI is InChI=1S/C25H28BrN3O3/c1-2-15-29(25(31)27-23-13-7-6-12-22(23)26)19-24(30)28(18-21-11-8-17-32-21)16-14-20-9-4-3-5-10-20/h3-13,17H,2,14-16,18-19H2,1H3,(H,27,31). The minimum Gasteiger partial charge on any atom is -0.467 e. The van der Waals surface area contributed by atoms with Crippen LogP contribution in [0, 0.1) is 0 Å². The zero-order valence-electron chi connectivity index (χ0n) is 18.2. The fourth-order valence-corrected chi connectivity index (χ4v) is 3.72. The molecule has 3 rings (SSSR count). The van der Waals surface area contributed by atoms with Gasteiger partial charge in [-0.1, -0.05) is 49.4 Å². The second-order valence-electron chi connectivity index (χ2n) is 7.46. The van der Waals surface area contributed by atoms with Crippen LogP contribution in [0.5, 0.6) is 0 Å². The number of furan rings is 1. The summed E-state index contributed by atoms with van der Waals surface area (Å²) in [4.78, 5) is 29.5. The fourth-order valence-electron chi connectivity index (χ4n) is 3.33. The molecule has 168 valence electrons. The second-order valence-corrected chi connectivity index (χ2v) is 8.32. The molecule has 0 aliphatic heterocycles. The Bertz CT molecular complexity index is 993. The monoisotopic (exact) mass is 497 g/mol. The molecule has 7 heteroatoms. The maximum Gasteiger partial charge on any atom is 0.322 e. The van der Waals surface area contributed by atoms with E-state index in [9.17, 15) is 9.59 Å². The van der Waals surface area contributed by atoms with Crippen molar-refractivity contribution in [1.29, 1.82) is 0 Å². The molecule has 32 heavy (non-hydrogen) atoms. The van der Waals surface area contributed by atoms with E-state index in [1.165, 1.54) is 0 Å². The Hall–Kier alpha value is -3.06. The number of anilines is 1. The molecular formula is C25H28BrN3O3. The van der Waals surface area contributed by atoms with E-state index in [1.807, 2.05) is 73.7 Å². The molecule has 0 bridgehead atoms. The van der Waals surface area contributed by atoms with Gasteiger partial charge in [0.15, 0.2) is 0 Å². The molecule has 0 saturated heterocycles. The molecule has 0 spiro atoms. The molecule has 0 aliphatic carbocycles. The number of carbonyl (C=O) groups is 2. The van der Waals surface area contributed by atoms with Crippen molar-refractivity contribution in [3.8, 4) is 0 Å². The Labute approximate surface area is 197 Å². The van der Waals surface area contributed by atoms with E-state index in [2.05, 4.69) is 21.2 Å². The molecule has 0 unspecified atom stereocenters. The normalized spacial score (nSPS) is 10.6. The summed E-state index contributed by atoms with van der Waals surface area (Å²) in [5.74, 6) is 0.596. The van der Waals surface area contributed by atoms with Gasteiger partial charge in [-0.15, -0.1) is 0 Å². The zero-order valence-corrected chi connectivity index (χ0v) is 19.8. The van der Waals surface area contributed by atoms with E-state index in [1.54, 1.807) is 16.1 Å². The molecular weight excluding hydrogens is 470 g/mol. The SMILES string of the molecule is CCCN(CC(=O)N(CCc1ccccc1)Cc1ccco1)C(=O)Nc1ccccc1Br. The topological polar surface area (TPSA) is 65.8 Å². The number of benzene rings is 2. The molecule has 6 nitrogen and oxygen atoms in total. The van der Waals surface area contributed by atoms with Crippen LogP contribution in [0.2, 0.25) is 0 Å².